The van der Waals surface area contributed by atoms with E-state index in [2.05, 4.69) is 27.6 Å². The van der Waals surface area contributed by atoms with Gasteiger partial charge < -0.3 is 4.98 Å². The molecule has 0 spiro atoms. The second-order valence-corrected chi connectivity index (χ2v) is 7.47. The maximum Gasteiger partial charge on any atom is 0.183 e. The van der Waals surface area contributed by atoms with Crippen LogP contribution in [0.2, 0.25) is 0 Å². The fraction of sp³-hybridized carbons (Fsp3) is 0. The number of hydrogen-bond acceptors (Lipinski definition) is 4. The quantitative estimate of drug-likeness (QED) is 0.240. The van der Waals surface area contributed by atoms with Gasteiger partial charge in [0.25, 0.3) is 0 Å². The maximum atomic E-state index is 4.74. The molecule has 5 aromatic rings. The molecule has 2 heterocycles. The van der Waals surface area contributed by atoms with E-state index >= 15 is 0 Å². The highest BCUT2D eigenvalue weighted by Crippen LogP contribution is 2.23. The molecular formula is C23H17N5S. The first-order chi connectivity index (χ1) is 14.4. The van der Waals surface area contributed by atoms with E-state index in [4.69, 9.17) is 9.98 Å². The summed E-state index contributed by atoms with van der Waals surface area (Å²) in [5, 5.41) is 6.37. The zero-order valence-electron chi connectivity index (χ0n) is 15.4. The largest absolute Gasteiger partial charge is 0.361 e. The zero-order valence-corrected chi connectivity index (χ0v) is 16.2. The molecule has 0 aliphatic heterocycles. The highest BCUT2D eigenvalue weighted by molar-refractivity contribution is 7.20. The average Bonchev–Trinajstić information content (AvgIpc) is 3.38. The van der Waals surface area contributed by atoms with Gasteiger partial charge in [-0.05, 0) is 30.3 Å². The van der Waals surface area contributed by atoms with Gasteiger partial charge in [-0.3, -0.25) is 5.43 Å². The molecule has 0 aliphatic rings. The molecule has 0 radical (unpaired) electrons. The first kappa shape index (κ1) is 17.3. The van der Waals surface area contributed by atoms with Gasteiger partial charge in [-0.15, -0.1) is 11.3 Å². The highest BCUT2D eigenvalue weighted by Gasteiger charge is 2.10. The van der Waals surface area contributed by atoms with E-state index in [0.29, 0.717) is 5.84 Å². The van der Waals surface area contributed by atoms with Crippen LogP contribution in [0.3, 0.4) is 0 Å². The van der Waals surface area contributed by atoms with Crippen molar-refractivity contribution in [1.82, 2.24) is 15.4 Å². The van der Waals surface area contributed by atoms with Gasteiger partial charge in [-0.2, -0.15) is 5.10 Å². The van der Waals surface area contributed by atoms with Crippen LogP contribution < -0.4 is 5.43 Å². The number of nitrogens with zero attached hydrogens (tertiary/aromatic N) is 3. The van der Waals surface area contributed by atoms with E-state index in [-0.39, 0.29) is 0 Å². The van der Waals surface area contributed by atoms with Crippen molar-refractivity contribution in [3.8, 4) is 0 Å². The monoisotopic (exact) mass is 395 g/mol. The number of H-pyrrole nitrogens is 1. The van der Waals surface area contributed by atoms with Crippen molar-refractivity contribution in [1.29, 1.82) is 0 Å². The van der Waals surface area contributed by atoms with Crippen LogP contribution in [0.1, 0.15) is 10.6 Å². The molecule has 6 heteroatoms. The van der Waals surface area contributed by atoms with Crippen LogP contribution in [0.5, 0.6) is 0 Å². The Kier molecular flexibility index (Phi) is 4.60. The summed E-state index contributed by atoms with van der Waals surface area (Å²) in [4.78, 5) is 12.7. The summed E-state index contributed by atoms with van der Waals surface area (Å²) in [5.41, 5.74) is 6.99. The predicted octanol–water partition coefficient (Wildman–Crippen LogP) is 5.48. The summed E-state index contributed by atoms with van der Waals surface area (Å²) in [6.07, 6.45) is 3.74. The van der Waals surface area contributed by atoms with Gasteiger partial charge >= 0.3 is 0 Å². The van der Waals surface area contributed by atoms with Crippen molar-refractivity contribution in [3.63, 3.8) is 0 Å². The van der Waals surface area contributed by atoms with Crippen LogP contribution in [0, 0.1) is 0 Å². The molecule has 140 valence electrons. The van der Waals surface area contributed by atoms with Crippen LogP contribution in [0.25, 0.3) is 21.1 Å². The Morgan fingerprint density at radius 2 is 1.72 bits per heavy atom. The average molecular weight is 395 g/mol. The Bertz CT molecular complexity index is 1300. The number of hydrogen-bond donors (Lipinski definition) is 2. The standard InChI is InChI=1S/C23H17N5S/c1-2-8-17(9-3-1)26-22(23-27-20-12-6-7-13-21(20)29-23)28-25-15-16-14-24-19-11-5-4-10-18(16)19/h1-15,24H,(H,26,28)/b25-15-. The van der Waals surface area contributed by atoms with E-state index in [1.807, 2.05) is 72.9 Å². The van der Waals surface area contributed by atoms with Gasteiger partial charge in [-0.1, -0.05) is 48.5 Å². The Balaban J connectivity index is 1.49. The van der Waals surface area contributed by atoms with E-state index in [9.17, 15) is 0 Å². The molecule has 0 unspecified atom stereocenters. The van der Waals surface area contributed by atoms with Crippen molar-refractivity contribution in [2.24, 2.45) is 10.1 Å². The number of amidine groups is 1. The fourth-order valence-corrected chi connectivity index (χ4v) is 3.99. The third-order valence-electron chi connectivity index (χ3n) is 4.49. The Hall–Kier alpha value is -3.77. The van der Waals surface area contributed by atoms with Crippen LogP contribution in [0.15, 0.2) is 95.2 Å². The molecule has 2 aromatic heterocycles. The lowest BCUT2D eigenvalue weighted by Gasteiger charge is -2.02. The summed E-state index contributed by atoms with van der Waals surface area (Å²) < 4.78 is 1.12. The molecule has 0 saturated heterocycles. The minimum atomic E-state index is 0.619. The number of aromatic nitrogens is 2. The fourth-order valence-electron chi connectivity index (χ4n) is 3.09. The molecule has 29 heavy (non-hydrogen) atoms. The van der Waals surface area contributed by atoms with E-state index < -0.39 is 0 Å². The lowest BCUT2D eigenvalue weighted by atomic mass is 10.2. The molecule has 3 aromatic carbocycles. The second kappa shape index (κ2) is 7.69. The molecule has 0 saturated carbocycles. The Labute approximate surface area is 171 Å². The zero-order chi connectivity index (χ0) is 19.5. The number of rotatable bonds is 4. The number of fused-ring (bicyclic) bond motifs is 2. The third kappa shape index (κ3) is 3.66. The van der Waals surface area contributed by atoms with Gasteiger partial charge in [0.2, 0.25) is 0 Å². The number of aliphatic imine (C=N–C) groups is 1. The smallest absolute Gasteiger partial charge is 0.183 e. The first-order valence-corrected chi connectivity index (χ1v) is 10.0. The molecule has 5 nitrogen and oxygen atoms in total. The summed E-state index contributed by atoms with van der Waals surface area (Å²) in [5.74, 6) is 0.619. The molecule has 0 fully saturated rings. The van der Waals surface area contributed by atoms with E-state index in [0.717, 1.165) is 37.4 Å². The lowest BCUT2D eigenvalue weighted by Crippen LogP contribution is -2.18. The third-order valence-corrected chi connectivity index (χ3v) is 5.53. The SMILES string of the molecule is C(=N/NC(=Nc1ccccc1)c1nc2ccccc2s1)/c1c[nH]c2ccccc12. The second-order valence-electron chi connectivity index (χ2n) is 6.44. The maximum absolute atomic E-state index is 4.74. The van der Waals surface area contributed by atoms with Gasteiger partial charge in [0, 0.05) is 22.7 Å². The summed E-state index contributed by atoms with van der Waals surface area (Å²) in [6, 6.07) is 26.0. The first-order valence-electron chi connectivity index (χ1n) is 9.22. The lowest BCUT2D eigenvalue weighted by molar-refractivity contribution is 1.03. The molecular weight excluding hydrogens is 378 g/mol. The Morgan fingerprint density at radius 1 is 0.931 bits per heavy atom. The van der Waals surface area contributed by atoms with Gasteiger partial charge in [0.1, 0.15) is 0 Å². The van der Waals surface area contributed by atoms with E-state index in [1.165, 1.54) is 0 Å². The number of hydrazone groups is 1. The molecule has 2 N–H and O–H groups in total. The number of nitrogens with one attached hydrogen (secondary N) is 2. The van der Waals surface area contributed by atoms with Crippen molar-refractivity contribution >= 4 is 50.2 Å². The van der Waals surface area contributed by atoms with Crippen LogP contribution >= 0.6 is 11.3 Å². The van der Waals surface area contributed by atoms with Gasteiger partial charge in [0.15, 0.2) is 10.8 Å². The number of aromatic amines is 1. The van der Waals surface area contributed by atoms with Gasteiger partial charge in [-0.25, -0.2) is 9.98 Å². The molecule has 0 aliphatic carbocycles. The van der Waals surface area contributed by atoms with Crippen molar-refractivity contribution in [2.45, 2.75) is 0 Å². The minimum Gasteiger partial charge on any atom is -0.361 e. The molecule has 0 amide bonds. The van der Waals surface area contributed by atoms with E-state index in [1.54, 1.807) is 17.6 Å². The Morgan fingerprint density at radius 3 is 2.62 bits per heavy atom. The van der Waals surface area contributed by atoms with Crippen LogP contribution in [-0.2, 0) is 0 Å². The summed E-state index contributed by atoms with van der Waals surface area (Å²) >= 11 is 1.59. The minimum absolute atomic E-state index is 0.619. The highest BCUT2D eigenvalue weighted by atomic mass is 32.1. The van der Waals surface area contributed by atoms with Crippen LogP contribution in [0.4, 0.5) is 5.69 Å². The number of para-hydroxylation sites is 3. The van der Waals surface area contributed by atoms with Crippen molar-refractivity contribution in [3.05, 3.63) is 95.6 Å². The normalized spacial score (nSPS) is 12.2. The topological polar surface area (TPSA) is 65.4 Å². The molecule has 5 rings (SSSR count). The molecule has 0 bridgehead atoms. The number of thiazole rings is 1. The van der Waals surface area contributed by atoms with Crippen LogP contribution in [-0.4, -0.2) is 22.0 Å². The summed E-state index contributed by atoms with van der Waals surface area (Å²) in [6.45, 7) is 0. The van der Waals surface area contributed by atoms with Crippen molar-refractivity contribution in [2.75, 3.05) is 0 Å². The number of benzene rings is 3. The predicted molar refractivity (Wildman–Crippen MR) is 121 cm³/mol. The summed E-state index contributed by atoms with van der Waals surface area (Å²) in [7, 11) is 0. The van der Waals surface area contributed by atoms with Crippen molar-refractivity contribution < 1.29 is 0 Å². The molecule has 0 atom stereocenters. The van der Waals surface area contributed by atoms with Gasteiger partial charge in [0.05, 0.1) is 22.1 Å².